The van der Waals surface area contributed by atoms with Crippen molar-refractivity contribution in [2.24, 2.45) is 0 Å². The molecule has 0 rings (SSSR count). The Kier molecular flexibility index (Phi) is 62.5. The smallest absolute Gasteiger partial charge is 0.306 e. The molecule has 0 aromatic rings. The molecule has 81 heavy (non-hydrogen) atoms. The van der Waals surface area contributed by atoms with Gasteiger partial charge >= 0.3 is 17.9 Å². The van der Waals surface area contributed by atoms with Crippen molar-refractivity contribution in [2.45, 2.75) is 258 Å². The zero-order chi connectivity index (χ0) is 58.5. The van der Waals surface area contributed by atoms with E-state index in [0.29, 0.717) is 19.3 Å². The van der Waals surface area contributed by atoms with E-state index in [9.17, 15) is 14.4 Å². The van der Waals surface area contributed by atoms with Crippen LogP contribution in [0.15, 0.2) is 182 Å². The Morgan fingerprint density at radius 2 is 0.457 bits per heavy atom. The molecule has 0 fully saturated rings. The molecule has 1 atom stereocenters. The van der Waals surface area contributed by atoms with Crippen LogP contribution in [0.2, 0.25) is 0 Å². The number of hydrogen-bond acceptors (Lipinski definition) is 6. The lowest BCUT2D eigenvalue weighted by atomic mass is 10.0. The highest BCUT2D eigenvalue weighted by molar-refractivity contribution is 5.71. The summed E-state index contributed by atoms with van der Waals surface area (Å²) in [5, 5.41) is 0. The van der Waals surface area contributed by atoms with Crippen LogP contribution < -0.4 is 0 Å². The molecule has 0 saturated carbocycles. The lowest BCUT2D eigenvalue weighted by Crippen LogP contribution is -2.30. The Hall–Kier alpha value is -5.49. The molecule has 452 valence electrons. The van der Waals surface area contributed by atoms with E-state index in [1.165, 1.54) is 57.8 Å². The zero-order valence-electron chi connectivity index (χ0n) is 51.7. The minimum absolute atomic E-state index is 0.120. The van der Waals surface area contributed by atoms with Gasteiger partial charge in [0.2, 0.25) is 0 Å². The number of allylic oxidation sites excluding steroid dienone is 30. The fraction of sp³-hybridized carbons (Fsp3) is 0.560. The Bertz CT molecular complexity index is 1900. The molecule has 0 aromatic carbocycles. The Labute approximate surface area is 497 Å². The highest BCUT2D eigenvalue weighted by Crippen LogP contribution is 2.14. The normalized spacial score (nSPS) is 13.4. The maximum Gasteiger partial charge on any atom is 0.306 e. The molecule has 0 heterocycles. The third kappa shape index (κ3) is 65.2. The summed E-state index contributed by atoms with van der Waals surface area (Å²) >= 11 is 0. The van der Waals surface area contributed by atoms with Gasteiger partial charge in [0.1, 0.15) is 13.2 Å². The van der Waals surface area contributed by atoms with E-state index in [-0.39, 0.29) is 37.5 Å². The quantitative estimate of drug-likeness (QED) is 0.0261. The summed E-state index contributed by atoms with van der Waals surface area (Å²) in [6, 6.07) is 0. The van der Waals surface area contributed by atoms with Crippen molar-refractivity contribution >= 4 is 17.9 Å². The molecule has 0 saturated heterocycles. The topological polar surface area (TPSA) is 78.9 Å². The summed E-state index contributed by atoms with van der Waals surface area (Å²) in [4.78, 5) is 38.2. The first-order valence-corrected chi connectivity index (χ1v) is 32.3. The second kappa shape index (κ2) is 67.0. The predicted molar refractivity (Wildman–Crippen MR) is 352 cm³/mol. The summed E-state index contributed by atoms with van der Waals surface area (Å²) < 4.78 is 16.8. The van der Waals surface area contributed by atoms with Gasteiger partial charge in [-0.05, 0) is 148 Å². The summed E-state index contributed by atoms with van der Waals surface area (Å²) in [5.74, 6) is -1.02. The number of hydrogen-bond donors (Lipinski definition) is 0. The molecule has 0 spiro atoms. The van der Waals surface area contributed by atoms with Crippen molar-refractivity contribution in [3.8, 4) is 0 Å². The van der Waals surface area contributed by atoms with Gasteiger partial charge in [0.05, 0.1) is 0 Å². The second-order valence-corrected chi connectivity index (χ2v) is 20.5. The second-order valence-electron chi connectivity index (χ2n) is 20.5. The highest BCUT2D eigenvalue weighted by Gasteiger charge is 2.19. The van der Waals surface area contributed by atoms with Crippen molar-refractivity contribution in [1.82, 2.24) is 0 Å². The molecule has 6 heteroatoms. The standard InChI is InChI=1S/C75H116O6/c1-4-7-10-13-16-19-22-25-27-29-30-31-32-33-34-35-36-37-38-39-40-41-42-43-44-46-47-50-53-56-59-62-65-68-74(77)80-71-72(70-79-73(76)67-64-61-58-55-52-49-24-21-18-15-12-9-6-3)81-75(78)69-66-63-60-57-54-51-48-45-28-26-23-20-17-14-11-8-5-2/h7-12,16-21,25-28,30-31,33-34,36-37,39-40,48-49,51-52,57,60,72H,4-6,13-15,22-24,29,32,35,38,41-47,50,53-56,58-59,61-71H2,1-3H3/b10-7-,11-8-,12-9-,19-16-,20-17-,21-18-,27-25-,28-26-,31-30-,34-33-,37-36-,40-39-,51-48-,52-49-,60-57-. The first kappa shape index (κ1) is 75.5. The van der Waals surface area contributed by atoms with Gasteiger partial charge in [0.25, 0.3) is 0 Å². The summed E-state index contributed by atoms with van der Waals surface area (Å²) in [7, 11) is 0. The molecular formula is C75H116O6. The summed E-state index contributed by atoms with van der Waals surface area (Å²) in [6.45, 7) is 6.21. The van der Waals surface area contributed by atoms with Crippen molar-refractivity contribution in [2.75, 3.05) is 13.2 Å². The van der Waals surface area contributed by atoms with E-state index in [2.05, 4.69) is 203 Å². The molecular weight excluding hydrogens is 997 g/mol. The van der Waals surface area contributed by atoms with Gasteiger partial charge in [-0.3, -0.25) is 14.4 Å². The molecule has 0 amide bonds. The van der Waals surface area contributed by atoms with Gasteiger partial charge in [-0.15, -0.1) is 0 Å². The first-order chi connectivity index (χ1) is 40.0. The first-order valence-electron chi connectivity index (χ1n) is 32.3. The number of unbranched alkanes of at least 4 members (excludes halogenated alkanes) is 15. The van der Waals surface area contributed by atoms with E-state index < -0.39 is 6.10 Å². The van der Waals surface area contributed by atoms with Gasteiger partial charge in [-0.25, -0.2) is 0 Å². The van der Waals surface area contributed by atoms with Crippen LogP contribution in [0.1, 0.15) is 252 Å². The predicted octanol–water partition coefficient (Wildman–Crippen LogP) is 22.4. The van der Waals surface area contributed by atoms with Crippen LogP contribution in [0.3, 0.4) is 0 Å². The number of carbonyl (C=O) groups is 3. The lowest BCUT2D eigenvalue weighted by molar-refractivity contribution is -0.167. The molecule has 0 aliphatic heterocycles. The molecule has 6 nitrogen and oxygen atoms in total. The molecule has 0 aromatic heterocycles. The van der Waals surface area contributed by atoms with Crippen LogP contribution in [0.5, 0.6) is 0 Å². The van der Waals surface area contributed by atoms with E-state index >= 15 is 0 Å². The average Bonchev–Trinajstić information content (AvgIpc) is 3.46. The SMILES string of the molecule is CC/C=C\C/C=C\C/C=C\C/C=C\C/C=C\C/C=C\C/C=C\CCCCCCCCCCCCCC(=O)OCC(COC(=O)CCCCC/C=C\C/C=C\C/C=C\CC)OC(=O)CCC/C=C\C/C=C\C/C=C\C/C=C\C/C=C\CC. The highest BCUT2D eigenvalue weighted by atomic mass is 16.6. The van der Waals surface area contributed by atoms with Crippen molar-refractivity contribution in [1.29, 1.82) is 0 Å². The molecule has 0 N–H and O–H groups in total. The third-order valence-corrected chi connectivity index (χ3v) is 12.9. The number of esters is 3. The van der Waals surface area contributed by atoms with Crippen LogP contribution in [-0.2, 0) is 28.6 Å². The summed E-state index contributed by atoms with van der Waals surface area (Å²) in [5.41, 5.74) is 0. The van der Waals surface area contributed by atoms with Crippen LogP contribution in [-0.4, -0.2) is 37.2 Å². The minimum atomic E-state index is -0.831. The Morgan fingerprint density at radius 1 is 0.247 bits per heavy atom. The molecule has 0 aliphatic carbocycles. The van der Waals surface area contributed by atoms with Crippen molar-refractivity contribution < 1.29 is 28.6 Å². The summed E-state index contributed by atoms with van der Waals surface area (Å²) in [6.07, 6.45) is 101. The number of carbonyl (C=O) groups excluding carboxylic acids is 3. The monoisotopic (exact) mass is 1110 g/mol. The fourth-order valence-electron chi connectivity index (χ4n) is 8.18. The third-order valence-electron chi connectivity index (χ3n) is 12.9. The van der Waals surface area contributed by atoms with E-state index in [0.717, 1.165) is 148 Å². The van der Waals surface area contributed by atoms with E-state index in [1.54, 1.807) is 0 Å². The fourth-order valence-corrected chi connectivity index (χ4v) is 8.18. The van der Waals surface area contributed by atoms with Crippen LogP contribution in [0.25, 0.3) is 0 Å². The number of rotatable bonds is 56. The van der Waals surface area contributed by atoms with Crippen molar-refractivity contribution in [3.05, 3.63) is 182 Å². The maximum atomic E-state index is 12.9. The van der Waals surface area contributed by atoms with Gasteiger partial charge in [-0.2, -0.15) is 0 Å². The lowest BCUT2D eigenvalue weighted by Gasteiger charge is -2.18. The maximum absolute atomic E-state index is 12.9. The van der Waals surface area contributed by atoms with Crippen LogP contribution >= 0.6 is 0 Å². The van der Waals surface area contributed by atoms with Crippen LogP contribution in [0, 0.1) is 0 Å². The van der Waals surface area contributed by atoms with Gasteiger partial charge in [-0.1, -0.05) is 267 Å². The zero-order valence-corrected chi connectivity index (χ0v) is 51.7. The minimum Gasteiger partial charge on any atom is -0.462 e. The molecule has 0 bridgehead atoms. The van der Waals surface area contributed by atoms with Crippen LogP contribution in [0.4, 0.5) is 0 Å². The van der Waals surface area contributed by atoms with Gasteiger partial charge in [0.15, 0.2) is 6.10 Å². The van der Waals surface area contributed by atoms with Gasteiger partial charge in [0, 0.05) is 19.3 Å². The Morgan fingerprint density at radius 3 is 0.741 bits per heavy atom. The average molecular weight is 1110 g/mol. The molecule has 0 aliphatic rings. The van der Waals surface area contributed by atoms with Gasteiger partial charge < -0.3 is 14.2 Å². The van der Waals surface area contributed by atoms with Crippen molar-refractivity contribution in [3.63, 3.8) is 0 Å². The Balaban J connectivity index is 4.34. The van der Waals surface area contributed by atoms with E-state index in [1.807, 2.05) is 0 Å². The number of ether oxygens (including phenoxy) is 3. The molecule has 0 radical (unpaired) electrons. The largest absolute Gasteiger partial charge is 0.462 e. The molecule has 1 unspecified atom stereocenters. The van der Waals surface area contributed by atoms with E-state index in [4.69, 9.17) is 14.2 Å².